The topological polar surface area (TPSA) is 85.2 Å². The van der Waals surface area contributed by atoms with Crippen molar-refractivity contribution in [3.05, 3.63) is 64.7 Å². The second-order valence-corrected chi connectivity index (χ2v) is 9.95. The van der Waals surface area contributed by atoms with E-state index < -0.39 is 23.1 Å². The highest BCUT2D eigenvalue weighted by Gasteiger charge is 2.37. The molecule has 2 aromatic rings. The molecule has 184 valence electrons. The molecule has 0 bridgehead atoms. The van der Waals surface area contributed by atoms with Gasteiger partial charge in [0.2, 0.25) is 0 Å². The number of hydrogen-bond donors (Lipinski definition) is 2. The van der Waals surface area contributed by atoms with Gasteiger partial charge in [-0.25, -0.2) is 0 Å². The van der Waals surface area contributed by atoms with Crippen LogP contribution in [0.4, 0.5) is 0 Å². The van der Waals surface area contributed by atoms with Crippen LogP contribution >= 0.6 is 0 Å². The maximum absolute atomic E-state index is 11.4. The van der Waals surface area contributed by atoms with Gasteiger partial charge in [0.25, 0.3) is 0 Å². The molecule has 2 unspecified atom stereocenters. The van der Waals surface area contributed by atoms with Gasteiger partial charge < -0.3 is 24.4 Å². The highest BCUT2D eigenvalue weighted by molar-refractivity contribution is 5.74. The van der Waals surface area contributed by atoms with Gasteiger partial charge in [0.1, 0.15) is 36.1 Å². The van der Waals surface area contributed by atoms with Crippen molar-refractivity contribution in [1.29, 1.82) is 0 Å². The number of aliphatic hydroxyl groups is 1. The average molecular weight is 469 g/mol. The van der Waals surface area contributed by atoms with Gasteiger partial charge in [0.05, 0.1) is 11.5 Å². The fourth-order valence-electron chi connectivity index (χ4n) is 4.26. The summed E-state index contributed by atoms with van der Waals surface area (Å²) < 4.78 is 18.5. The van der Waals surface area contributed by atoms with E-state index in [-0.39, 0.29) is 0 Å². The molecule has 34 heavy (non-hydrogen) atoms. The second kappa shape index (κ2) is 9.71. The lowest BCUT2D eigenvalue weighted by atomic mass is 9.83. The van der Waals surface area contributed by atoms with E-state index in [1.165, 1.54) is 19.4 Å². The van der Waals surface area contributed by atoms with Gasteiger partial charge in [0, 0.05) is 5.56 Å². The van der Waals surface area contributed by atoms with Crippen LogP contribution in [0, 0.1) is 26.2 Å². The molecule has 2 atom stereocenters. The largest absolute Gasteiger partial charge is 0.489 e. The molecule has 1 aliphatic rings. The van der Waals surface area contributed by atoms with Crippen LogP contribution in [0.5, 0.6) is 17.2 Å². The Bertz CT molecular complexity index is 1070. The summed E-state index contributed by atoms with van der Waals surface area (Å²) in [6.07, 6.45) is 2.29. The molecular weight excluding hydrogens is 432 g/mol. The molecule has 0 saturated carbocycles. The van der Waals surface area contributed by atoms with E-state index in [0.29, 0.717) is 24.5 Å². The number of carbonyl (C=O) groups is 1. The molecule has 0 fully saturated rings. The number of carboxylic acids is 1. The highest BCUT2D eigenvalue weighted by atomic mass is 16.5. The zero-order valence-electron chi connectivity index (χ0n) is 21.0. The first-order valence-electron chi connectivity index (χ1n) is 11.6. The lowest BCUT2D eigenvalue weighted by molar-refractivity contribution is -0.153. The molecule has 0 amide bonds. The summed E-state index contributed by atoms with van der Waals surface area (Å²) in [5.41, 5.74) is 3.19. The van der Waals surface area contributed by atoms with Gasteiger partial charge in [-0.05, 0) is 88.8 Å². The average Bonchev–Trinajstić information content (AvgIpc) is 2.81. The zero-order valence-corrected chi connectivity index (χ0v) is 21.0. The van der Waals surface area contributed by atoms with Crippen molar-refractivity contribution in [2.75, 3.05) is 13.2 Å². The molecular formula is C28H36O6. The van der Waals surface area contributed by atoms with Crippen molar-refractivity contribution < 1.29 is 29.2 Å². The van der Waals surface area contributed by atoms with Gasteiger partial charge in [-0.2, -0.15) is 0 Å². The fraction of sp³-hybridized carbons (Fsp3) is 0.464. The van der Waals surface area contributed by atoms with Crippen LogP contribution in [0.2, 0.25) is 0 Å². The zero-order chi connectivity index (χ0) is 25.3. The third-order valence-corrected chi connectivity index (χ3v) is 6.88. The second-order valence-electron chi connectivity index (χ2n) is 9.95. The Labute approximate surface area is 202 Å². The molecule has 6 nitrogen and oxygen atoms in total. The molecule has 1 heterocycles. The molecule has 0 radical (unpaired) electrons. The van der Waals surface area contributed by atoms with Crippen molar-refractivity contribution in [1.82, 2.24) is 0 Å². The monoisotopic (exact) mass is 468 g/mol. The first-order valence-corrected chi connectivity index (χ1v) is 11.6. The number of aliphatic carboxylic acids is 1. The minimum atomic E-state index is -1.29. The molecule has 3 rings (SSSR count). The first kappa shape index (κ1) is 25.6. The lowest BCUT2D eigenvalue weighted by Gasteiger charge is -2.38. The van der Waals surface area contributed by atoms with E-state index in [0.717, 1.165) is 41.0 Å². The first-order chi connectivity index (χ1) is 15.9. The quantitative estimate of drug-likeness (QED) is 0.474. The third kappa shape index (κ3) is 4.92. The number of carboxylic acid groups (broad SMARTS) is 1. The number of rotatable bonds is 9. The van der Waals surface area contributed by atoms with Crippen LogP contribution in [-0.2, 0) is 11.2 Å². The van der Waals surface area contributed by atoms with E-state index in [9.17, 15) is 15.0 Å². The molecule has 2 aromatic carbocycles. The number of hydrogen-bond acceptors (Lipinski definition) is 5. The maximum Gasteiger partial charge on any atom is 0.312 e. The molecule has 2 N–H and O–H groups in total. The van der Waals surface area contributed by atoms with E-state index >= 15 is 0 Å². The molecule has 6 heteroatoms. The SMILES string of the molecule is C=CCOc1c(C)c(C)c2c(c1C)CCC(C)(COc1ccc(C(O)C(C)(C)C(=O)O)cc1)O2. The summed E-state index contributed by atoms with van der Waals surface area (Å²) in [5.74, 6) is 1.40. The molecule has 0 saturated heterocycles. The summed E-state index contributed by atoms with van der Waals surface area (Å²) in [4.78, 5) is 11.4. The summed E-state index contributed by atoms with van der Waals surface area (Å²) in [6, 6.07) is 6.90. The van der Waals surface area contributed by atoms with Gasteiger partial charge in [-0.1, -0.05) is 24.8 Å². The van der Waals surface area contributed by atoms with Gasteiger partial charge in [-0.3, -0.25) is 4.79 Å². The Kier molecular flexibility index (Phi) is 7.32. The van der Waals surface area contributed by atoms with E-state index in [1.807, 2.05) is 0 Å². The fourth-order valence-corrected chi connectivity index (χ4v) is 4.26. The Morgan fingerprint density at radius 3 is 2.41 bits per heavy atom. The summed E-state index contributed by atoms with van der Waals surface area (Å²) >= 11 is 0. The van der Waals surface area contributed by atoms with Crippen LogP contribution in [0.25, 0.3) is 0 Å². The Balaban J connectivity index is 1.73. The Morgan fingerprint density at radius 1 is 1.18 bits per heavy atom. The van der Waals surface area contributed by atoms with Gasteiger partial charge in [0.15, 0.2) is 0 Å². The number of ether oxygens (including phenoxy) is 3. The summed E-state index contributed by atoms with van der Waals surface area (Å²) in [7, 11) is 0. The van der Waals surface area contributed by atoms with Crippen LogP contribution in [-0.4, -0.2) is 35.0 Å². The van der Waals surface area contributed by atoms with Crippen LogP contribution in [0.15, 0.2) is 36.9 Å². The Morgan fingerprint density at radius 2 is 1.82 bits per heavy atom. The van der Waals surface area contributed by atoms with E-state index in [4.69, 9.17) is 14.2 Å². The smallest absolute Gasteiger partial charge is 0.312 e. The predicted octanol–water partition coefficient (Wildman–Crippen LogP) is 5.48. The highest BCUT2D eigenvalue weighted by Crippen LogP contribution is 2.44. The molecule has 1 aliphatic heterocycles. The standard InChI is InChI=1S/C28H36O6/c1-8-15-32-23-17(2)18(3)24-22(19(23)4)13-14-28(7,34-24)16-33-21-11-9-20(10-12-21)25(29)27(5,6)26(30)31/h8-12,25,29H,1,13-16H2,2-7H3,(H,30,31). The minimum absolute atomic E-state index is 0.362. The molecule has 0 aliphatic carbocycles. The minimum Gasteiger partial charge on any atom is -0.489 e. The third-order valence-electron chi connectivity index (χ3n) is 6.88. The normalized spacial score (nSPS) is 18.4. The van der Waals surface area contributed by atoms with Crippen LogP contribution in [0.3, 0.4) is 0 Å². The van der Waals surface area contributed by atoms with Crippen molar-refractivity contribution in [3.8, 4) is 17.2 Å². The van der Waals surface area contributed by atoms with Gasteiger partial charge >= 0.3 is 5.97 Å². The van der Waals surface area contributed by atoms with E-state index in [2.05, 4.69) is 34.3 Å². The summed E-state index contributed by atoms with van der Waals surface area (Å²) in [6.45, 7) is 15.8. The predicted molar refractivity (Wildman–Crippen MR) is 132 cm³/mol. The number of fused-ring (bicyclic) bond motifs is 1. The van der Waals surface area contributed by atoms with Crippen molar-refractivity contribution in [2.45, 2.75) is 66.1 Å². The maximum atomic E-state index is 11.4. The van der Waals surface area contributed by atoms with Crippen molar-refractivity contribution in [2.24, 2.45) is 5.41 Å². The van der Waals surface area contributed by atoms with E-state index in [1.54, 1.807) is 30.3 Å². The van der Waals surface area contributed by atoms with Crippen molar-refractivity contribution >= 4 is 5.97 Å². The van der Waals surface area contributed by atoms with Gasteiger partial charge in [-0.15, -0.1) is 0 Å². The lowest BCUT2D eigenvalue weighted by Crippen LogP contribution is -2.42. The van der Waals surface area contributed by atoms with Crippen LogP contribution < -0.4 is 14.2 Å². The van der Waals surface area contributed by atoms with Crippen molar-refractivity contribution in [3.63, 3.8) is 0 Å². The Hall–Kier alpha value is -2.99. The van der Waals surface area contributed by atoms with Crippen LogP contribution in [0.1, 0.15) is 61.1 Å². The molecule has 0 aromatic heterocycles. The molecule has 0 spiro atoms. The summed E-state index contributed by atoms with van der Waals surface area (Å²) in [5, 5.41) is 19.8. The number of aliphatic hydroxyl groups excluding tert-OH is 1. The number of benzene rings is 2.